The molecule has 0 radical (unpaired) electrons. The lowest BCUT2D eigenvalue weighted by atomic mass is 10.1. The zero-order chi connectivity index (χ0) is 19.5. The Morgan fingerprint density at radius 3 is 2.71 bits per heavy atom. The van der Waals surface area contributed by atoms with E-state index >= 15 is 0 Å². The molecule has 2 aromatic carbocycles. The van der Waals surface area contributed by atoms with Gasteiger partial charge in [0.05, 0.1) is 11.2 Å². The summed E-state index contributed by atoms with van der Waals surface area (Å²) in [5.74, 6) is -1.35. The van der Waals surface area contributed by atoms with Gasteiger partial charge in [0.15, 0.2) is 0 Å². The van der Waals surface area contributed by atoms with Crippen LogP contribution >= 0.6 is 0 Å². The molecule has 28 heavy (non-hydrogen) atoms. The Morgan fingerprint density at radius 1 is 1.00 bits per heavy atom. The number of amides is 2. The first-order valence-electron chi connectivity index (χ1n) is 9.12. The van der Waals surface area contributed by atoms with E-state index in [2.05, 4.69) is 20.6 Å². The lowest BCUT2D eigenvalue weighted by Crippen LogP contribution is -2.41. The third kappa shape index (κ3) is 3.57. The van der Waals surface area contributed by atoms with E-state index in [-0.39, 0.29) is 6.04 Å². The third-order valence-electron chi connectivity index (χ3n) is 4.68. The summed E-state index contributed by atoms with van der Waals surface area (Å²) in [7, 11) is 0. The van der Waals surface area contributed by atoms with Crippen molar-refractivity contribution in [3.63, 3.8) is 0 Å². The minimum atomic E-state index is -0.692. The fourth-order valence-electron chi connectivity index (χ4n) is 3.36. The molecule has 0 saturated heterocycles. The highest BCUT2D eigenvalue weighted by Gasteiger charge is 2.18. The van der Waals surface area contributed by atoms with Gasteiger partial charge in [-0.15, -0.1) is 0 Å². The number of carbonyl (C=O) groups excluding carboxylic acids is 2. The summed E-state index contributed by atoms with van der Waals surface area (Å²) in [5.41, 5.74) is 3.48. The molecule has 6 heteroatoms. The molecule has 2 amide bonds. The van der Waals surface area contributed by atoms with Crippen LogP contribution in [0, 0.1) is 0 Å². The van der Waals surface area contributed by atoms with Crippen LogP contribution in [0.15, 0.2) is 67.0 Å². The molecule has 4 rings (SSSR count). The fourth-order valence-corrected chi connectivity index (χ4v) is 3.36. The summed E-state index contributed by atoms with van der Waals surface area (Å²) in [4.78, 5) is 32.2. The van der Waals surface area contributed by atoms with Crippen molar-refractivity contribution in [1.29, 1.82) is 0 Å². The second-order valence-corrected chi connectivity index (χ2v) is 6.77. The van der Waals surface area contributed by atoms with Crippen LogP contribution in [0.1, 0.15) is 12.5 Å². The molecule has 0 spiro atoms. The number of hydrogen-bond donors (Lipinski definition) is 3. The minimum Gasteiger partial charge on any atom is -0.361 e. The predicted octanol–water partition coefficient (Wildman–Crippen LogP) is 3.40. The van der Waals surface area contributed by atoms with E-state index in [4.69, 9.17) is 0 Å². The number of rotatable bonds is 4. The van der Waals surface area contributed by atoms with Crippen LogP contribution in [0.5, 0.6) is 0 Å². The molecule has 0 bridgehead atoms. The number of aromatic nitrogens is 2. The van der Waals surface area contributed by atoms with Crippen molar-refractivity contribution in [2.24, 2.45) is 0 Å². The number of H-pyrrole nitrogens is 1. The molecule has 2 aromatic heterocycles. The maximum Gasteiger partial charge on any atom is 0.313 e. The number of pyridine rings is 1. The van der Waals surface area contributed by atoms with E-state index in [9.17, 15) is 9.59 Å². The van der Waals surface area contributed by atoms with Crippen LogP contribution in [-0.2, 0) is 16.0 Å². The predicted molar refractivity (Wildman–Crippen MR) is 110 cm³/mol. The second-order valence-electron chi connectivity index (χ2n) is 6.77. The van der Waals surface area contributed by atoms with Crippen LogP contribution in [0.25, 0.3) is 21.8 Å². The van der Waals surface area contributed by atoms with Gasteiger partial charge < -0.3 is 15.6 Å². The van der Waals surface area contributed by atoms with Crippen molar-refractivity contribution in [3.05, 3.63) is 72.6 Å². The summed E-state index contributed by atoms with van der Waals surface area (Å²) in [6.45, 7) is 1.88. The van der Waals surface area contributed by atoms with E-state index in [1.54, 1.807) is 24.4 Å². The molecule has 140 valence electrons. The van der Waals surface area contributed by atoms with Gasteiger partial charge >= 0.3 is 11.8 Å². The van der Waals surface area contributed by atoms with E-state index in [0.29, 0.717) is 12.1 Å². The summed E-state index contributed by atoms with van der Waals surface area (Å²) < 4.78 is 0. The Morgan fingerprint density at radius 2 is 1.82 bits per heavy atom. The number of carbonyl (C=O) groups is 2. The first kappa shape index (κ1) is 17.7. The first-order valence-corrected chi connectivity index (χ1v) is 9.12. The third-order valence-corrected chi connectivity index (χ3v) is 4.68. The van der Waals surface area contributed by atoms with Crippen molar-refractivity contribution >= 4 is 39.3 Å². The topological polar surface area (TPSA) is 86.9 Å². The zero-order valence-electron chi connectivity index (χ0n) is 15.4. The van der Waals surface area contributed by atoms with Crippen molar-refractivity contribution in [3.8, 4) is 0 Å². The van der Waals surface area contributed by atoms with Crippen LogP contribution in [0.3, 0.4) is 0 Å². The van der Waals surface area contributed by atoms with Crippen molar-refractivity contribution in [2.75, 3.05) is 5.32 Å². The normalized spacial score (nSPS) is 12.0. The maximum absolute atomic E-state index is 12.4. The van der Waals surface area contributed by atoms with Gasteiger partial charge in [-0.05, 0) is 49.2 Å². The van der Waals surface area contributed by atoms with Gasteiger partial charge in [-0.3, -0.25) is 14.6 Å². The molecule has 6 nitrogen and oxygen atoms in total. The Labute approximate surface area is 162 Å². The molecular formula is C22H20N4O2. The zero-order valence-corrected chi connectivity index (χ0v) is 15.4. The minimum absolute atomic E-state index is 0.188. The first-order chi connectivity index (χ1) is 13.6. The number of benzene rings is 2. The van der Waals surface area contributed by atoms with Gasteiger partial charge in [0, 0.05) is 34.7 Å². The molecular weight excluding hydrogens is 352 g/mol. The number of para-hydroxylation sites is 1. The molecule has 3 N–H and O–H groups in total. The van der Waals surface area contributed by atoms with E-state index in [1.807, 2.05) is 49.5 Å². The summed E-state index contributed by atoms with van der Waals surface area (Å²) in [6.07, 6.45) is 4.25. The van der Waals surface area contributed by atoms with Gasteiger partial charge in [0.2, 0.25) is 0 Å². The van der Waals surface area contributed by atoms with E-state index in [1.165, 1.54) is 0 Å². The summed E-state index contributed by atoms with van der Waals surface area (Å²) in [5, 5.41) is 7.36. The van der Waals surface area contributed by atoms with Gasteiger partial charge in [-0.25, -0.2) is 0 Å². The highest BCUT2D eigenvalue weighted by molar-refractivity contribution is 6.40. The van der Waals surface area contributed by atoms with Gasteiger partial charge in [-0.1, -0.05) is 24.3 Å². The smallest absolute Gasteiger partial charge is 0.313 e. The number of hydrogen-bond acceptors (Lipinski definition) is 3. The van der Waals surface area contributed by atoms with Gasteiger partial charge in [0.25, 0.3) is 0 Å². The van der Waals surface area contributed by atoms with E-state index < -0.39 is 11.8 Å². The van der Waals surface area contributed by atoms with Gasteiger partial charge in [-0.2, -0.15) is 0 Å². The summed E-state index contributed by atoms with van der Waals surface area (Å²) in [6, 6.07) is 16.9. The monoisotopic (exact) mass is 372 g/mol. The number of aromatic amines is 1. The lowest BCUT2D eigenvalue weighted by molar-refractivity contribution is -0.136. The quantitative estimate of drug-likeness (QED) is 0.480. The van der Waals surface area contributed by atoms with Crippen molar-refractivity contribution in [1.82, 2.24) is 15.3 Å². The molecule has 0 aliphatic heterocycles. The number of anilines is 1. The van der Waals surface area contributed by atoms with E-state index in [0.717, 1.165) is 27.4 Å². The standard InChI is InChI=1S/C22H20N4O2/c1-14(12-15-13-24-18-8-3-2-6-16(15)18)25-21(27)22(28)26-20-10-4-9-19-17(20)7-5-11-23-19/h2-11,13-14,24H,12H2,1H3,(H,25,27)(H,26,28). The van der Waals surface area contributed by atoms with Crippen LogP contribution in [0.4, 0.5) is 5.69 Å². The maximum atomic E-state index is 12.4. The Kier molecular flexibility index (Phi) is 4.76. The molecule has 0 saturated carbocycles. The molecule has 2 heterocycles. The molecule has 1 atom stereocenters. The Hall–Kier alpha value is -3.67. The number of fused-ring (bicyclic) bond motifs is 2. The second kappa shape index (κ2) is 7.52. The highest BCUT2D eigenvalue weighted by atomic mass is 16.2. The molecule has 4 aromatic rings. The van der Waals surface area contributed by atoms with Gasteiger partial charge in [0.1, 0.15) is 0 Å². The van der Waals surface area contributed by atoms with Crippen molar-refractivity contribution in [2.45, 2.75) is 19.4 Å². The average Bonchev–Trinajstić information content (AvgIpc) is 3.11. The lowest BCUT2D eigenvalue weighted by Gasteiger charge is -2.14. The average molecular weight is 372 g/mol. The van der Waals surface area contributed by atoms with Crippen LogP contribution < -0.4 is 10.6 Å². The summed E-state index contributed by atoms with van der Waals surface area (Å²) >= 11 is 0. The highest BCUT2D eigenvalue weighted by Crippen LogP contribution is 2.21. The molecule has 1 unspecified atom stereocenters. The van der Waals surface area contributed by atoms with Crippen LogP contribution in [0.2, 0.25) is 0 Å². The molecule has 0 aliphatic rings. The molecule has 0 fully saturated rings. The fraction of sp³-hybridized carbons (Fsp3) is 0.136. The Balaban J connectivity index is 1.42. The van der Waals surface area contributed by atoms with Crippen molar-refractivity contribution < 1.29 is 9.59 Å². The Bertz CT molecular complexity index is 1160. The van der Waals surface area contributed by atoms with Crippen LogP contribution in [-0.4, -0.2) is 27.8 Å². The number of nitrogens with zero attached hydrogens (tertiary/aromatic N) is 1. The molecule has 0 aliphatic carbocycles. The SMILES string of the molecule is CC(Cc1c[nH]c2ccccc12)NC(=O)C(=O)Nc1cccc2ncccc12. The largest absolute Gasteiger partial charge is 0.361 e. The number of nitrogens with one attached hydrogen (secondary N) is 3.